The molecule has 1 aliphatic heterocycles. The van der Waals surface area contributed by atoms with Crippen LogP contribution in [0.25, 0.3) is 0 Å². The van der Waals surface area contributed by atoms with Crippen LogP contribution in [-0.4, -0.2) is 19.7 Å². The van der Waals surface area contributed by atoms with Crippen LogP contribution in [0, 0.1) is 0 Å². The third kappa shape index (κ3) is 2.64. The second kappa shape index (κ2) is 4.86. The van der Waals surface area contributed by atoms with Gasteiger partial charge in [-0.2, -0.15) is 0 Å². The number of benzene rings is 1. The van der Waals surface area contributed by atoms with E-state index in [1.807, 2.05) is 12.1 Å². The van der Waals surface area contributed by atoms with Crippen molar-refractivity contribution in [1.29, 1.82) is 0 Å². The number of methoxy groups -OCH3 is 1. The van der Waals surface area contributed by atoms with E-state index >= 15 is 0 Å². The van der Waals surface area contributed by atoms with E-state index < -0.39 is 0 Å². The lowest BCUT2D eigenvalue weighted by Crippen LogP contribution is -2.23. The fraction of sp³-hybridized carbons (Fsp3) is 0.500. The van der Waals surface area contributed by atoms with Crippen LogP contribution in [0.5, 0.6) is 5.75 Å². The normalized spacial score (nSPS) is 20.5. The van der Waals surface area contributed by atoms with Gasteiger partial charge >= 0.3 is 0 Å². The van der Waals surface area contributed by atoms with Gasteiger partial charge in [0.15, 0.2) is 0 Å². The number of hydrogen-bond acceptors (Lipinski definition) is 2. The van der Waals surface area contributed by atoms with Gasteiger partial charge in [-0.3, -0.25) is 0 Å². The lowest BCUT2D eigenvalue weighted by Gasteiger charge is -2.12. The van der Waals surface area contributed by atoms with E-state index in [4.69, 9.17) is 16.3 Å². The zero-order valence-electron chi connectivity index (χ0n) is 8.92. The molecule has 1 aliphatic rings. The number of ether oxygens (including phenoxy) is 1. The Balaban J connectivity index is 2.07. The third-order valence-electron chi connectivity index (χ3n) is 2.89. The van der Waals surface area contributed by atoms with E-state index in [0.29, 0.717) is 6.04 Å². The van der Waals surface area contributed by atoms with Gasteiger partial charge < -0.3 is 10.1 Å². The van der Waals surface area contributed by atoms with E-state index in [1.165, 1.54) is 18.4 Å². The molecule has 0 aromatic heterocycles. The second-order valence-corrected chi connectivity index (χ2v) is 4.36. The standard InChI is InChI=1S/C12H16ClNO/c1-15-11-5-4-9(12(13)8-11)7-10-3-2-6-14-10/h4-5,8,10,14H,2-3,6-7H2,1H3. The van der Waals surface area contributed by atoms with Crippen LogP contribution < -0.4 is 10.1 Å². The summed E-state index contributed by atoms with van der Waals surface area (Å²) in [5.74, 6) is 0.822. The number of hydrogen-bond donors (Lipinski definition) is 1. The minimum absolute atomic E-state index is 0.593. The summed E-state index contributed by atoms with van der Waals surface area (Å²) in [4.78, 5) is 0. The van der Waals surface area contributed by atoms with Gasteiger partial charge in [-0.1, -0.05) is 17.7 Å². The molecule has 1 aromatic rings. The summed E-state index contributed by atoms with van der Waals surface area (Å²) >= 11 is 6.18. The molecule has 1 aromatic carbocycles. The molecule has 0 bridgehead atoms. The molecule has 2 rings (SSSR count). The predicted molar refractivity (Wildman–Crippen MR) is 62.7 cm³/mol. The molecule has 2 nitrogen and oxygen atoms in total. The zero-order valence-corrected chi connectivity index (χ0v) is 9.68. The number of rotatable bonds is 3. The van der Waals surface area contributed by atoms with Crippen molar-refractivity contribution in [3.63, 3.8) is 0 Å². The van der Waals surface area contributed by atoms with Crippen molar-refractivity contribution in [2.45, 2.75) is 25.3 Å². The number of halogens is 1. The summed E-state index contributed by atoms with van der Waals surface area (Å²) in [6, 6.07) is 6.50. The second-order valence-electron chi connectivity index (χ2n) is 3.95. The first-order valence-corrected chi connectivity index (χ1v) is 5.73. The lowest BCUT2D eigenvalue weighted by molar-refractivity contribution is 0.414. The van der Waals surface area contributed by atoms with E-state index in [0.717, 1.165) is 23.7 Å². The predicted octanol–water partition coefficient (Wildman–Crippen LogP) is 2.64. The zero-order chi connectivity index (χ0) is 10.7. The molecule has 0 spiro atoms. The maximum Gasteiger partial charge on any atom is 0.120 e. The molecule has 1 saturated heterocycles. The van der Waals surface area contributed by atoms with E-state index in [2.05, 4.69) is 11.4 Å². The maximum absolute atomic E-state index is 6.18. The molecule has 82 valence electrons. The molecule has 1 N–H and O–H groups in total. The first-order chi connectivity index (χ1) is 7.29. The van der Waals surface area contributed by atoms with Crippen molar-refractivity contribution in [3.8, 4) is 5.75 Å². The summed E-state index contributed by atoms with van der Waals surface area (Å²) in [5.41, 5.74) is 1.21. The van der Waals surface area contributed by atoms with Crippen LogP contribution >= 0.6 is 11.6 Å². The fourth-order valence-electron chi connectivity index (χ4n) is 2.02. The quantitative estimate of drug-likeness (QED) is 0.854. The first-order valence-electron chi connectivity index (χ1n) is 5.35. The van der Waals surface area contributed by atoms with Crippen LogP contribution in [0.2, 0.25) is 5.02 Å². The molecule has 15 heavy (non-hydrogen) atoms. The molecule has 1 heterocycles. The van der Waals surface area contributed by atoms with Crippen molar-refractivity contribution in [2.75, 3.05) is 13.7 Å². The highest BCUT2D eigenvalue weighted by Gasteiger charge is 2.15. The van der Waals surface area contributed by atoms with Gasteiger partial charge in [-0.05, 0) is 43.5 Å². The summed E-state index contributed by atoms with van der Waals surface area (Å²) < 4.78 is 5.12. The Hall–Kier alpha value is -0.730. The molecule has 0 saturated carbocycles. The lowest BCUT2D eigenvalue weighted by atomic mass is 10.0. The SMILES string of the molecule is COc1ccc(CC2CCCN2)c(Cl)c1. The smallest absolute Gasteiger partial charge is 0.120 e. The van der Waals surface area contributed by atoms with E-state index in [-0.39, 0.29) is 0 Å². The van der Waals surface area contributed by atoms with Crippen molar-refractivity contribution in [3.05, 3.63) is 28.8 Å². The average Bonchev–Trinajstić information content (AvgIpc) is 2.74. The van der Waals surface area contributed by atoms with E-state index in [1.54, 1.807) is 7.11 Å². The monoisotopic (exact) mass is 225 g/mol. The highest BCUT2D eigenvalue weighted by atomic mass is 35.5. The summed E-state index contributed by atoms with van der Waals surface area (Å²) in [6.07, 6.45) is 3.55. The average molecular weight is 226 g/mol. The van der Waals surface area contributed by atoms with Gasteiger partial charge in [0.05, 0.1) is 7.11 Å². The van der Waals surface area contributed by atoms with Gasteiger partial charge in [-0.15, -0.1) is 0 Å². The Morgan fingerprint density at radius 3 is 3.00 bits per heavy atom. The Bertz CT molecular complexity index is 334. The topological polar surface area (TPSA) is 21.3 Å². The van der Waals surface area contributed by atoms with Gasteiger partial charge in [0.1, 0.15) is 5.75 Å². The molecule has 0 aliphatic carbocycles. The van der Waals surface area contributed by atoms with Crippen LogP contribution in [0.4, 0.5) is 0 Å². The molecule has 0 amide bonds. The molecule has 1 atom stereocenters. The highest BCUT2D eigenvalue weighted by molar-refractivity contribution is 6.31. The molecule has 1 unspecified atom stereocenters. The molecular weight excluding hydrogens is 210 g/mol. The van der Waals surface area contributed by atoms with Gasteiger partial charge in [0, 0.05) is 11.1 Å². The molecule has 1 fully saturated rings. The largest absolute Gasteiger partial charge is 0.497 e. The fourth-order valence-corrected chi connectivity index (χ4v) is 2.26. The van der Waals surface area contributed by atoms with E-state index in [9.17, 15) is 0 Å². The number of nitrogens with one attached hydrogen (secondary N) is 1. The van der Waals surface area contributed by atoms with Gasteiger partial charge in [0.25, 0.3) is 0 Å². The van der Waals surface area contributed by atoms with Crippen LogP contribution in [0.3, 0.4) is 0 Å². The highest BCUT2D eigenvalue weighted by Crippen LogP contribution is 2.24. The molecular formula is C12H16ClNO. The minimum Gasteiger partial charge on any atom is -0.497 e. The van der Waals surface area contributed by atoms with Crippen LogP contribution in [0.1, 0.15) is 18.4 Å². The van der Waals surface area contributed by atoms with Gasteiger partial charge in [0.2, 0.25) is 0 Å². The van der Waals surface area contributed by atoms with Gasteiger partial charge in [-0.25, -0.2) is 0 Å². The van der Waals surface area contributed by atoms with Crippen molar-refractivity contribution in [1.82, 2.24) is 5.32 Å². The molecule has 3 heteroatoms. The van der Waals surface area contributed by atoms with Crippen LogP contribution in [0.15, 0.2) is 18.2 Å². The Kier molecular flexibility index (Phi) is 3.49. The summed E-state index contributed by atoms with van der Waals surface area (Å²) in [5, 5.41) is 4.28. The summed E-state index contributed by atoms with van der Waals surface area (Å²) in [6.45, 7) is 1.14. The summed E-state index contributed by atoms with van der Waals surface area (Å²) in [7, 11) is 1.66. The Morgan fingerprint density at radius 2 is 2.40 bits per heavy atom. The van der Waals surface area contributed by atoms with Crippen molar-refractivity contribution < 1.29 is 4.74 Å². The Labute approximate surface area is 95.6 Å². The maximum atomic E-state index is 6.18. The molecule has 0 radical (unpaired) electrons. The first kappa shape index (κ1) is 10.8. The van der Waals surface area contributed by atoms with Crippen LogP contribution in [-0.2, 0) is 6.42 Å². The minimum atomic E-state index is 0.593. The van der Waals surface area contributed by atoms with Crippen molar-refractivity contribution >= 4 is 11.6 Å². The third-order valence-corrected chi connectivity index (χ3v) is 3.24. The van der Waals surface area contributed by atoms with Crippen molar-refractivity contribution in [2.24, 2.45) is 0 Å². The Morgan fingerprint density at radius 1 is 1.53 bits per heavy atom.